The zero-order valence-electron chi connectivity index (χ0n) is 15.8. The third-order valence-corrected chi connectivity index (χ3v) is 7.80. The van der Waals surface area contributed by atoms with Gasteiger partial charge in [0.25, 0.3) is 5.92 Å². The van der Waals surface area contributed by atoms with Crippen molar-refractivity contribution < 1.29 is 22.3 Å². The van der Waals surface area contributed by atoms with Gasteiger partial charge in [0.15, 0.2) is 0 Å². The Balaban J connectivity index is 1.66. The molecule has 0 spiro atoms. The summed E-state index contributed by atoms with van der Waals surface area (Å²) >= 11 is 0. The smallest absolute Gasteiger partial charge is 0.250 e. The van der Waals surface area contributed by atoms with Crippen LogP contribution in [0.1, 0.15) is 43.5 Å². The first-order valence-electron chi connectivity index (χ1n) is 9.37. The van der Waals surface area contributed by atoms with Gasteiger partial charge in [0.1, 0.15) is 4.90 Å². The van der Waals surface area contributed by atoms with Crippen molar-refractivity contribution in [3.63, 3.8) is 0 Å². The molecule has 0 radical (unpaired) electrons. The summed E-state index contributed by atoms with van der Waals surface area (Å²) in [5.41, 5.74) is -0.125. The average Bonchev–Trinajstić information content (AvgIpc) is 2.79. The molecule has 3 rings (SSSR count). The molecule has 154 valence electrons. The van der Waals surface area contributed by atoms with E-state index in [1.54, 1.807) is 13.8 Å². The maximum atomic E-state index is 13.3. The largest absolute Gasteiger partial charge is 0.389 e. The summed E-state index contributed by atoms with van der Waals surface area (Å²) in [7, 11) is -3.69. The molecule has 2 aliphatic heterocycles. The van der Waals surface area contributed by atoms with Crippen LogP contribution in [-0.2, 0) is 10.0 Å². The van der Waals surface area contributed by atoms with Crippen molar-refractivity contribution in [3.05, 3.63) is 11.4 Å². The second kappa shape index (κ2) is 7.38. The molecule has 0 bridgehead atoms. The predicted molar refractivity (Wildman–Crippen MR) is 96.2 cm³/mol. The van der Waals surface area contributed by atoms with E-state index < -0.39 is 21.5 Å². The van der Waals surface area contributed by atoms with Gasteiger partial charge in [0, 0.05) is 45.6 Å². The summed E-state index contributed by atoms with van der Waals surface area (Å²) in [5.74, 6) is -2.62. The molecule has 0 saturated carbocycles. The van der Waals surface area contributed by atoms with Crippen LogP contribution in [0.5, 0.6) is 0 Å². The number of aromatic amines is 1. The predicted octanol–water partition coefficient (Wildman–Crippen LogP) is 1.66. The van der Waals surface area contributed by atoms with Crippen LogP contribution in [-0.4, -0.2) is 77.2 Å². The van der Waals surface area contributed by atoms with Gasteiger partial charge in [-0.2, -0.15) is 9.40 Å². The summed E-state index contributed by atoms with van der Waals surface area (Å²) in [6, 6.07) is 0. The number of β-amino-alcohol motifs (C(OH)–C–C–N with tert-alkyl or cyclic N) is 1. The number of hydrogen-bond acceptors (Lipinski definition) is 5. The van der Waals surface area contributed by atoms with Crippen molar-refractivity contribution in [1.29, 1.82) is 0 Å². The molecule has 3 heterocycles. The van der Waals surface area contributed by atoms with Crippen LogP contribution in [0.3, 0.4) is 0 Å². The number of halogens is 2. The number of nitrogens with one attached hydrogen (secondary N) is 1. The van der Waals surface area contributed by atoms with Gasteiger partial charge in [0.05, 0.1) is 17.0 Å². The van der Waals surface area contributed by atoms with E-state index in [9.17, 15) is 22.3 Å². The minimum Gasteiger partial charge on any atom is -0.389 e. The lowest BCUT2D eigenvalue weighted by Gasteiger charge is -2.37. The van der Waals surface area contributed by atoms with Crippen molar-refractivity contribution in [2.75, 3.05) is 32.7 Å². The highest BCUT2D eigenvalue weighted by Gasteiger charge is 2.40. The summed E-state index contributed by atoms with van der Waals surface area (Å²) in [6.07, 6.45) is 0.880. The third-order valence-electron chi connectivity index (χ3n) is 5.64. The molecule has 1 unspecified atom stereocenters. The Morgan fingerprint density at radius 3 is 2.37 bits per heavy atom. The molecule has 1 aromatic rings. The lowest BCUT2D eigenvalue weighted by Crippen LogP contribution is -2.48. The van der Waals surface area contributed by atoms with Crippen LogP contribution < -0.4 is 0 Å². The van der Waals surface area contributed by atoms with Crippen LogP contribution >= 0.6 is 0 Å². The summed E-state index contributed by atoms with van der Waals surface area (Å²) in [4.78, 5) is 2.07. The Kier molecular flexibility index (Phi) is 5.64. The number of hydrogen-bond donors (Lipinski definition) is 2. The molecule has 1 atom stereocenters. The lowest BCUT2D eigenvalue weighted by molar-refractivity contribution is -0.0766. The zero-order valence-corrected chi connectivity index (χ0v) is 16.7. The van der Waals surface area contributed by atoms with Gasteiger partial charge < -0.3 is 10.0 Å². The number of likely N-dealkylation sites (tertiary alicyclic amines) is 1. The number of alkyl halides is 2. The molecule has 2 saturated heterocycles. The molecule has 0 aliphatic carbocycles. The van der Waals surface area contributed by atoms with Gasteiger partial charge in [-0.1, -0.05) is 0 Å². The quantitative estimate of drug-likeness (QED) is 0.794. The molecule has 2 fully saturated rings. The topological polar surface area (TPSA) is 89.5 Å². The summed E-state index contributed by atoms with van der Waals surface area (Å²) < 4.78 is 54.1. The molecular weight excluding hydrogens is 378 g/mol. The number of aliphatic hydroxyl groups is 1. The molecule has 2 N–H and O–H groups in total. The second-order valence-corrected chi connectivity index (χ2v) is 9.75. The van der Waals surface area contributed by atoms with E-state index in [0.717, 1.165) is 0 Å². The summed E-state index contributed by atoms with van der Waals surface area (Å²) in [6.45, 7) is 4.67. The molecule has 27 heavy (non-hydrogen) atoms. The average molecular weight is 406 g/mol. The minimum absolute atomic E-state index is 0.192. The lowest BCUT2D eigenvalue weighted by atomic mass is 9.93. The van der Waals surface area contributed by atoms with Crippen LogP contribution in [0, 0.1) is 13.8 Å². The van der Waals surface area contributed by atoms with E-state index in [1.807, 2.05) is 4.90 Å². The van der Waals surface area contributed by atoms with E-state index in [4.69, 9.17) is 0 Å². The van der Waals surface area contributed by atoms with Crippen molar-refractivity contribution >= 4 is 10.0 Å². The number of sulfonamides is 1. The van der Waals surface area contributed by atoms with Crippen LogP contribution in [0.25, 0.3) is 0 Å². The highest BCUT2D eigenvalue weighted by atomic mass is 32.2. The number of H-pyrrole nitrogens is 1. The van der Waals surface area contributed by atoms with Crippen molar-refractivity contribution in [2.45, 2.75) is 62.4 Å². The third kappa shape index (κ3) is 4.49. The van der Waals surface area contributed by atoms with E-state index in [2.05, 4.69) is 10.2 Å². The molecule has 0 aromatic carbocycles. The molecule has 1 aromatic heterocycles. The first-order valence-corrected chi connectivity index (χ1v) is 10.8. The van der Waals surface area contributed by atoms with Crippen LogP contribution in [0.4, 0.5) is 8.78 Å². The Hall–Kier alpha value is -1.10. The van der Waals surface area contributed by atoms with Crippen molar-refractivity contribution in [1.82, 2.24) is 19.4 Å². The van der Waals surface area contributed by atoms with Gasteiger partial charge in [0.2, 0.25) is 10.0 Å². The highest BCUT2D eigenvalue weighted by Crippen LogP contribution is 2.32. The molecule has 0 amide bonds. The van der Waals surface area contributed by atoms with Gasteiger partial charge >= 0.3 is 0 Å². The number of rotatable bonds is 4. The second-order valence-electron chi connectivity index (χ2n) is 7.88. The van der Waals surface area contributed by atoms with Crippen molar-refractivity contribution in [2.24, 2.45) is 0 Å². The molecule has 2 aliphatic rings. The standard InChI is InChI=1S/C17H28F2N4O3S/c1-13-15(14(2)21-20-13)27(25,26)23-8-3-4-16(24,5-11-23)12-22-9-6-17(18,19)7-10-22/h24H,3-12H2,1-2H3,(H,20,21). The maximum absolute atomic E-state index is 13.3. The molecular formula is C17H28F2N4O3S. The van der Waals surface area contributed by atoms with Crippen molar-refractivity contribution in [3.8, 4) is 0 Å². The monoisotopic (exact) mass is 406 g/mol. The zero-order chi connectivity index (χ0) is 19.9. The van der Waals surface area contributed by atoms with Gasteiger partial charge in [-0.25, -0.2) is 17.2 Å². The Morgan fingerprint density at radius 1 is 1.11 bits per heavy atom. The normalized spacial score (nSPS) is 28.2. The van der Waals surface area contributed by atoms with Gasteiger partial charge in [-0.05, 0) is 33.1 Å². The fraction of sp³-hybridized carbons (Fsp3) is 0.824. The number of piperidine rings is 1. The number of nitrogens with zero attached hydrogens (tertiary/aromatic N) is 3. The highest BCUT2D eigenvalue weighted by molar-refractivity contribution is 7.89. The minimum atomic E-state index is -3.69. The molecule has 10 heteroatoms. The van der Waals surface area contributed by atoms with Crippen LogP contribution in [0.15, 0.2) is 4.90 Å². The van der Waals surface area contributed by atoms with E-state index in [-0.39, 0.29) is 43.8 Å². The number of aromatic nitrogens is 2. The van der Waals surface area contributed by atoms with Gasteiger partial charge in [-0.3, -0.25) is 5.10 Å². The molecule has 7 nitrogen and oxygen atoms in total. The summed E-state index contributed by atoms with van der Waals surface area (Å²) in [5, 5.41) is 17.7. The Morgan fingerprint density at radius 2 is 1.78 bits per heavy atom. The van der Waals surface area contributed by atoms with E-state index in [1.165, 1.54) is 4.31 Å². The first-order chi connectivity index (χ1) is 12.5. The fourth-order valence-corrected chi connectivity index (χ4v) is 5.87. The van der Waals surface area contributed by atoms with E-state index >= 15 is 0 Å². The van der Waals surface area contributed by atoms with E-state index in [0.29, 0.717) is 37.3 Å². The Labute approximate surface area is 158 Å². The van der Waals surface area contributed by atoms with Gasteiger partial charge in [-0.15, -0.1) is 0 Å². The number of aryl methyl sites for hydroxylation is 2. The fourth-order valence-electron chi connectivity index (χ4n) is 4.06. The first kappa shape index (κ1) is 20.6. The van der Waals surface area contributed by atoms with Crippen LogP contribution in [0.2, 0.25) is 0 Å². The maximum Gasteiger partial charge on any atom is 0.250 e. The Bertz CT molecular complexity index is 754. The SMILES string of the molecule is Cc1n[nH]c(C)c1S(=O)(=O)N1CCCC(O)(CN2CCC(F)(F)CC2)CC1.